The summed E-state index contributed by atoms with van der Waals surface area (Å²) in [6.45, 7) is 6.70. The summed E-state index contributed by atoms with van der Waals surface area (Å²) in [5, 5.41) is 0. The van der Waals surface area contributed by atoms with Crippen LogP contribution in [0.4, 0.5) is 0 Å². The van der Waals surface area contributed by atoms with E-state index in [1.54, 1.807) is 0 Å². The average molecular weight is 215 g/mol. The Kier molecular flexibility index (Phi) is 2.66. The van der Waals surface area contributed by atoms with Gasteiger partial charge in [0.1, 0.15) is 0 Å². The maximum atomic E-state index is 10.6. The molecule has 2 rings (SSSR count). The Morgan fingerprint density at radius 3 is 2.69 bits per heavy atom. The number of aliphatic imine (C=N–C) groups is 1. The van der Waals surface area contributed by atoms with Crippen LogP contribution in [0.15, 0.2) is 29.3 Å². The van der Waals surface area contributed by atoms with E-state index in [-0.39, 0.29) is 5.41 Å². The van der Waals surface area contributed by atoms with Gasteiger partial charge in [-0.1, -0.05) is 45.0 Å². The van der Waals surface area contributed by atoms with E-state index in [9.17, 15) is 4.79 Å². The van der Waals surface area contributed by atoms with Gasteiger partial charge in [-0.15, -0.1) is 0 Å². The molecule has 0 saturated heterocycles. The van der Waals surface area contributed by atoms with E-state index in [0.29, 0.717) is 12.3 Å². The molecule has 0 radical (unpaired) electrons. The van der Waals surface area contributed by atoms with E-state index in [4.69, 9.17) is 0 Å². The van der Waals surface area contributed by atoms with Crippen LogP contribution in [0, 0.1) is 5.92 Å². The van der Waals surface area contributed by atoms with Crippen molar-refractivity contribution >= 4 is 12.1 Å². The van der Waals surface area contributed by atoms with Crippen molar-refractivity contribution in [3.63, 3.8) is 0 Å². The van der Waals surface area contributed by atoms with Crippen molar-refractivity contribution in [3.05, 3.63) is 35.4 Å². The molecular weight excluding hydrogens is 198 g/mol. The molecule has 1 aromatic rings. The minimum absolute atomic E-state index is 0.110. The van der Waals surface area contributed by atoms with Gasteiger partial charge in [-0.25, -0.2) is 4.99 Å². The molecule has 16 heavy (non-hydrogen) atoms. The van der Waals surface area contributed by atoms with Crippen molar-refractivity contribution in [1.82, 2.24) is 0 Å². The predicted molar refractivity (Wildman–Crippen MR) is 65.9 cm³/mol. The molecule has 1 unspecified atom stereocenters. The molecule has 2 nitrogen and oxygen atoms in total. The number of amides is 1. The monoisotopic (exact) mass is 215 g/mol. The highest BCUT2D eigenvalue weighted by Gasteiger charge is 2.40. The lowest BCUT2D eigenvalue weighted by Gasteiger charge is -2.29. The highest BCUT2D eigenvalue weighted by Crippen LogP contribution is 2.43. The molecule has 1 atom stereocenters. The number of carbonyl (C=O) groups excluding carboxylic acids is 1. The lowest BCUT2D eigenvalue weighted by molar-refractivity contribution is -0.106. The van der Waals surface area contributed by atoms with Gasteiger partial charge in [-0.2, -0.15) is 0 Å². The fraction of sp³-hybridized carbons (Fsp3) is 0.429. The quantitative estimate of drug-likeness (QED) is 0.697. The van der Waals surface area contributed by atoms with Gasteiger partial charge in [0.15, 0.2) is 0 Å². The van der Waals surface area contributed by atoms with Gasteiger partial charge < -0.3 is 0 Å². The smallest absolute Gasteiger partial charge is 0.233 e. The van der Waals surface area contributed by atoms with Gasteiger partial charge >= 0.3 is 0 Å². The molecule has 84 valence electrons. The summed E-state index contributed by atoms with van der Waals surface area (Å²) < 4.78 is 0. The third-order valence-corrected chi connectivity index (χ3v) is 3.87. The second-order valence-corrected chi connectivity index (χ2v) is 4.98. The highest BCUT2D eigenvalue weighted by molar-refractivity contribution is 6.08. The van der Waals surface area contributed by atoms with Crippen LogP contribution in [-0.4, -0.2) is 12.1 Å². The Morgan fingerprint density at radius 1 is 1.38 bits per heavy atom. The van der Waals surface area contributed by atoms with Crippen molar-refractivity contribution in [1.29, 1.82) is 0 Å². The van der Waals surface area contributed by atoms with Gasteiger partial charge in [-0.05, 0) is 17.0 Å². The van der Waals surface area contributed by atoms with Crippen LogP contribution in [0.5, 0.6) is 0 Å². The predicted octanol–water partition coefficient (Wildman–Crippen LogP) is 2.95. The first kappa shape index (κ1) is 11.1. The second kappa shape index (κ2) is 3.85. The lowest BCUT2D eigenvalue weighted by atomic mass is 9.74. The van der Waals surface area contributed by atoms with Crippen LogP contribution in [0.3, 0.4) is 0 Å². The zero-order valence-electron chi connectivity index (χ0n) is 10.0. The fourth-order valence-electron chi connectivity index (χ4n) is 2.47. The Morgan fingerprint density at radius 2 is 2.06 bits per heavy atom. The van der Waals surface area contributed by atoms with Gasteiger partial charge in [0, 0.05) is 11.8 Å². The Balaban J connectivity index is 2.60. The zero-order valence-corrected chi connectivity index (χ0v) is 10.0. The molecule has 0 N–H and O–H groups in total. The van der Waals surface area contributed by atoms with Crippen molar-refractivity contribution in [2.24, 2.45) is 10.9 Å². The summed E-state index contributed by atoms with van der Waals surface area (Å²) in [6.07, 6.45) is 1.51. The van der Waals surface area contributed by atoms with E-state index in [0.717, 1.165) is 17.7 Å². The van der Waals surface area contributed by atoms with E-state index in [2.05, 4.69) is 44.0 Å². The van der Waals surface area contributed by atoms with Crippen LogP contribution in [0.2, 0.25) is 0 Å². The van der Waals surface area contributed by atoms with Crippen LogP contribution in [0.25, 0.3) is 0 Å². The first-order chi connectivity index (χ1) is 7.59. The SMILES string of the molecule is CC(C)C1(C)C/C(=N/C=O)c2ccccc21. The van der Waals surface area contributed by atoms with Crippen LogP contribution < -0.4 is 0 Å². The van der Waals surface area contributed by atoms with Gasteiger partial charge in [0.25, 0.3) is 0 Å². The highest BCUT2D eigenvalue weighted by atomic mass is 16.1. The number of benzene rings is 1. The van der Waals surface area contributed by atoms with Gasteiger partial charge in [-0.3, -0.25) is 4.79 Å². The molecule has 1 aromatic carbocycles. The summed E-state index contributed by atoms with van der Waals surface area (Å²) in [5.41, 5.74) is 3.51. The molecule has 0 bridgehead atoms. The van der Waals surface area contributed by atoms with Crippen molar-refractivity contribution < 1.29 is 4.79 Å². The molecule has 0 saturated carbocycles. The summed E-state index contributed by atoms with van der Waals surface area (Å²) in [6, 6.07) is 8.28. The number of hydrogen-bond donors (Lipinski definition) is 0. The molecule has 0 fully saturated rings. The number of hydrogen-bond acceptors (Lipinski definition) is 1. The number of nitrogens with zero attached hydrogens (tertiary/aromatic N) is 1. The molecule has 0 spiro atoms. The molecule has 2 heteroatoms. The first-order valence-corrected chi connectivity index (χ1v) is 5.70. The van der Waals surface area contributed by atoms with Crippen molar-refractivity contribution in [2.75, 3.05) is 0 Å². The third kappa shape index (κ3) is 1.49. The maximum Gasteiger partial charge on any atom is 0.233 e. The first-order valence-electron chi connectivity index (χ1n) is 5.70. The summed E-state index contributed by atoms with van der Waals surface area (Å²) in [4.78, 5) is 14.5. The van der Waals surface area contributed by atoms with Crippen molar-refractivity contribution in [2.45, 2.75) is 32.6 Å². The molecule has 0 aliphatic heterocycles. The summed E-state index contributed by atoms with van der Waals surface area (Å²) in [5.74, 6) is 0.535. The topological polar surface area (TPSA) is 29.4 Å². The molecule has 1 amide bonds. The van der Waals surface area contributed by atoms with E-state index >= 15 is 0 Å². The maximum absolute atomic E-state index is 10.6. The summed E-state index contributed by atoms with van der Waals surface area (Å²) in [7, 11) is 0. The molecule has 1 aliphatic carbocycles. The normalized spacial score (nSPS) is 26.1. The second-order valence-electron chi connectivity index (χ2n) is 4.98. The zero-order chi connectivity index (χ0) is 11.8. The number of fused-ring (bicyclic) bond motifs is 1. The molecule has 0 heterocycles. The van der Waals surface area contributed by atoms with Gasteiger partial charge in [0.2, 0.25) is 6.41 Å². The van der Waals surface area contributed by atoms with E-state index in [1.165, 1.54) is 5.56 Å². The van der Waals surface area contributed by atoms with Crippen molar-refractivity contribution in [3.8, 4) is 0 Å². The van der Waals surface area contributed by atoms with Crippen LogP contribution in [0.1, 0.15) is 38.3 Å². The minimum Gasteiger partial charge on any atom is -0.276 e. The molecular formula is C14H17NO. The largest absolute Gasteiger partial charge is 0.276 e. The average Bonchev–Trinajstić information content (AvgIpc) is 2.55. The fourth-order valence-corrected chi connectivity index (χ4v) is 2.47. The minimum atomic E-state index is 0.110. The molecule has 1 aliphatic rings. The lowest BCUT2D eigenvalue weighted by Crippen LogP contribution is -2.25. The standard InChI is InChI=1S/C14H17NO/c1-10(2)14(3)8-13(15-9-16)11-6-4-5-7-12(11)14/h4-7,9-10H,8H2,1-3H3/b15-13-. The Bertz CT molecular complexity index is 448. The van der Waals surface area contributed by atoms with Crippen LogP contribution >= 0.6 is 0 Å². The third-order valence-electron chi connectivity index (χ3n) is 3.87. The van der Waals surface area contributed by atoms with E-state index in [1.807, 2.05) is 6.07 Å². The van der Waals surface area contributed by atoms with Crippen LogP contribution in [-0.2, 0) is 10.2 Å². The summed E-state index contributed by atoms with van der Waals surface area (Å²) >= 11 is 0. The Labute approximate surface area is 96.4 Å². The molecule has 0 aromatic heterocycles. The Hall–Kier alpha value is -1.44. The number of rotatable bonds is 2. The van der Waals surface area contributed by atoms with E-state index < -0.39 is 0 Å². The number of carbonyl (C=O) groups is 1. The van der Waals surface area contributed by atoms with Gasteiger partial charge in [0.05, 0.1) is 5.71 Å².